The molecule has 0 aliphatic rings. The lowest BCUT2D eigenvalue weighted by Crippen LogP contribution is -1.95. The van der Waals surface area contributed by atoms with Gasteiger partial charge in [-0.2, -0.15) is 0 Å². The highest BCUT2D eigenvalue weighted by Crippen LogP contribution is 2.34. The molecule has 1 rings (SSSR count). The quantitative estimate of drug-likeness (QED) is 0.652. The van der Waals surface area contributed by atoms with Crippen LogP contribution in [0.2, 0.25) is 10.0 Å². The molecule has 0 nitrogen and oxygen atoms in total. The first-order chi connectivity index (χ1) is 6.43. The van der Waals surface area contributed by atoms with E-state index < -0.39 is 0 Å². The van der Waals surface area contributed by atoms with Gasteiger partial charge in [-0.3, -0.25) is 0 Å². The van der Waals surface area contributed by atoms with Crippen LogP contribution in [0.1, 0.15) is 50.7 Å². The molecule has 0 N–H and O–H groups in total. The average Bonchev–Trinajstić information content (AvgIpc) is 2.01. The fraction of sp³-hybridized carbons (Fsp3) is 0.500. The van der Waals surface area contributed by atoms with E-state index in [-0.39, 0.29) is 0 Å². The van der Waals surface area contributed by atoms with Crippen molar-refractivity contribution in [2.75, 3.05) is 0 Å². The van der Waals surface area contributed by atoms with Gasteiger partial charge in [0.15, 0.2) is 0 Å². The average molecular weight is 231 g/mol. The molecule has 0 fully saturated rings. The SMILES string of the molecule is CC(C)c1cc(Cl)c(C(C)C)c(Cl)c1. The van der Waals surface area contributed by atoms with Gasteiger partial charge in [-0.25, -0.2) is 0 Å². The third-order valence-electron chi connectivity index (χ3n) is 2.35. The molecule has 0 aliphatic carbocycles. The lowest BCUT2D eigenvalue weighted by atomic mass is 9.97. The molecule has 0 spiro atoms. The summed E-state index contributed by atoms with van der Waals surface area (Å²) in [6.45, 7) is 8.47. The van der Waals surface area contributed by atoms with Crippen molar-refractivity contribution in [2.45, 2.75) is 39.5 Å². The first-order valence-corrected chi connectivity index (χ1v) is 5.68. The van der Waals surface area contributed by atoms with Crippen molar-refractivity contribution >= 4 is 23.2 Å². The summed E-state index contributed by atoms with van der Waals surface area (Å²) in [5.74, 6) is 0.836. The predicted octanol–water partition coefficient (Wildman–Crippen LogP) is 5.24. The molecule has 0 saturated carbocycles. The summed E-state index contributed by atoms with van der Waals surface area (Å²) in [4.78, 5) is 0. The van der Waals surface area contributed by atoms with Crippen molar-refractivity contribution in [3.63, 3.8) is 0 Å². The van der Waals surface area contributed by atoms with E-state index in [9.17, 15) is 0 Å². The Morgan fingerprint density at radius 2 is 1.29 bits per heavy atom. The predicted molar refractivity (Wildman–Crippen MR) is 64.6 cm³/mol. The Bertz CT molecular complexity index is 304. The molecule has 0 saturated heterocycles. The molecule has 1 aromatic rings. The van der Waals surface area contributed by atoms with Gasteiger partial charge in [0, 0.05) is 10.0 Å². The highest BCUT2D eigenvalue weighted by molar-refractivity contribution is 6.36. The number of rotatable bonds is 2. The minimum Gasteiger partial charge on any atom is -0.0840 e. The first-order valence-electron chi connectivity index (χ1n) is 4.92. The van der Waals surface area contributed by atoms with Crippen molar-refractivity contribution in [2.24, 2.45) is 0 Å². The number of hydrogen-bond donors (Lipinski definition) is 0. The van der Waals surface area contributed by atoms with Gasteiger partial charge in [-0.05, 0) is 35.1 Å². The van der Waals surface area contributed by atoms with E-state index in [1.807, 2.05) is 12.1 Å². The molecule has 0 aliphatic heterocycles. The number of hydrogen-bond acceptors (Lipinski definition) is 0. The normalized spacial score (nSPS) is 11.4. The summed E-state index contributed by atoms with van der Waals surface area (Å²) in [7, 11) is 0. The lowest BCUT2D eigenvalue weighted by molar-refractivity contribution is 0.845. The van der Waals surface area contributed by atoms with E-state index in [2.05, 4.69) is 27.7 Å². The fourth-order valence-electron chi connectivity index (χ4n) is 1.49. The standard InChI is InChI=1S/C12H16Cl2/c1-7(2)9-5-10(13)12(8(3)4)11(14)6-9/h5-8H,1-4H3. The summed E-state index contributed by atoms with van der Waals surface area (Å²) in [5.41, 5.74) is 2.25. The molecule has 0 radical (unpaired) electrons. The van der Waals surface area contributed by atoms with Crippen LogP contribution in [-0.4, -0.2) is 0 Å². The number of halogens is 2. The zero-order valence-corrected chi connectivity index (χ0v) is 10.6. The topological polar surface area (TPSA) is 0 Å². The fourth-order valence-corrected chi connectivity index (χ4v) is 2.43. The Morgan fingerprint density at radius 3 is 1.57 bits per heavy atom. The molecule has 0 bridgehead atoms. The third kappa shape index (κ3) is 2.43. The zero-order valence-electron chi connectivity index (χ0n) is 9.07. The summed E-state index contributed by atoms with van der Waals surface area (Å²) in [5, 5.41) is 1.58. The van der Waals surface area contributed by atoms with E-state index in [0.717, 1.165) is 15.6 Å². The minimum absolute atomic E-state index is 0.371. The molecule has 14 heavy (non-hydrogen) atoms. The Labute approximate surface area is 96.2 Å². The minimum atomic E-state index is 0.371. The molecule has 0 heterocycles. The van der Waals surface area contributed by atoms with Gasteiger partial charge < -0.3 is 0 Å². The van der Waals surface area contributed by atoms with E-state index >= 15 is 0 Å². The van der Waals surface area contributed by atoms with Crippen LogP contribution in [0.5, 0.6) is 0 Å². The molecule has 0 unspecified atom stereocenters. The Kier molecular flexibility index (Phi) is 3.86. The summed E-state index contributed by atoms with van der Waals surface area (Å²) in [6, 6.07) is 4.04. The van der Waals surface area contributed by atoms with Gasteiger partial charge in [-0.1, -0.05) is 50.9 Å². The van der Waals surface area contributed by atoms with Gasteiger partial charge in [0.2, 0.25) is 0 Å². The Balaban J connectivity index is 3.25. The van der Waals surface area contributed by atoms with Crippen molar-refractivity contribution in [1.82, 2.24) is 0 Å². The van der Waals surface area contributed by atoms with E-state index in [4.69, 9.17) is 23.2 Å². The molecule has 2 heteroatoms. The molecular weight excluding hydrogens is 215 g/mol. The highest BCUT2D eigenvalue weighted by Gasteiger charge is 2.12. The van der Waals surface area contributed by atoms with Crippen LogP contribution in [0.15, 0.2) is 12.1 Å². The maximum Gasteiger partial charge on any atom is 0.0458 e. The van der Waals surface area contributed by atoms with Crippen LogP contribution in [0.4, 0.5) is 0 Å². The molecular formula is C12H16Cl2. The van der Waals surface area contributed by atoms with Crippen molar-refractivity contribution in [3.8, 4) is 0 Å². The van der Waals surface area contributed by atoms with Crippen LogP contribution in [-0.2, 0) is 0 Å². The van der Waals surface area contributed by atoms with Gasteiger partial charge in [0.25, 0.3) is 0 Å². The molecule has 1 aromatic carbocycles. The maximum absolute atomic E-state index is 6.19. The molecule has 0 amide bonds. The second-order valence-corrected chi connectivity index (χ2v) is 5.02. The van der Waals surface area contributed by atoms with Crippen LogP contribution in [0.25, 0.3) is 0 Å². The lowest BCUT2D eigenvalue weighted by Gasteiger charge is -2.14. The van der Waals surface area contributed by atoms with E-state index in [1.165, 1.54) is 5.56 Å². The van der Waals surface area contributed by atoms with Crippen LogP contribution in [0.3, 0.4) is 0 Å². The van der Waals surface area contributed by atoms with Crippen molar-refractivity contribution in [1.29, 1.82) is 0 Å². The largest absolute Gasteiger partial charge is 0.0840 e. The third-order valence-corrected chi connectivity index (χ3v) is 2.97. The van der Waals surface area contributed by atoms with E-state index in [1.54, 1.807) is 0 Å². The molecule has 0 aromatic heterocycles. The second-order valence-electron chi connectivity index (χ2n) is 4.21. The van der Waals surface area contributed by atoms with Crippen LogP contribution < -0.4 is 0 Å². The van der Waals surface area contributed by atoms with Gasteiger partial charge in [0.1, 0.15) is 0 Å². The summed E-state index contributed by atoms with van der Waals surface area (Å²) in [6.07, 6.45) is 0. The van der Waals surface area contributed by atoms with Gasteiger partial charge in [0.05, 0.1) is 0 Å². The Hall–Kier alpha value is -0.200. The first kappa shape index (κ1) is 11.9. The smallest absolute Gasteiger partial charge is 0.0458 e. The van der Waals surface area contributed by atoms with E-state index in [0.29, 0.717) is 11.8 Å². The van der Waals surface area contributed by atoms with Crippen molar-refractivity contribution in [3.05, 3.63) is 33.3 Å². The summed E-state index contributed by atoms with van der Waals surface area (Å²) >= 11 is 12.4. The summed E-state index contributed by atoms with van der Waals surface area (Å²) < 4.78 is 0. The Morgan fingerprint density at radius 1 is 0.857 bits per heavy atom. The monoisotopic (exact) mass is 230 g/mol. The highest BCUT2D eigenvalue weighted by atomic mass is 35.5. The maximum atomic E-state index is 6.19. The van der Waals surface area contributed by atoms with Crippen molar-refractivity contribution < 1.29 is 0 Å². The molecule has 0 atom stereocenters. The zero-order chi connectivity index (χ0) is 10.9. The second kappa shape index (κ2) is 4.55. The van der Waals surface area contributed by atoms with Gasteiger partial charge in [-0.15, -0.1) is 0 Å². The van der Waals surface area contributed by atoms with Crippen LogP contribution >= 0.6 is 23.2 Å². The number of benzene rings is 1. The van der Waals surface area contributed by atoms with Gasteiger partial charge >= 0.3 is 0 Å². The van der Waals surface area contributed by atoms with Crippen LogP contribution in [0, 0.1) is 0 Å². The molecule has 78 valence electrons.